The normalized spacial score (nSPS) is 15.6. The van der Waals surface area contributed by atoms with Crippen LogP contribution in [0.4, 0.5) is 0 Å². The van der Waals surface area contributed by atoms with Gasteiger partial charge in [-0.05, 0) is 13.0 Å². The summed E-state index contributed by atoms with van der Waals surface area (Å²) in [4.78, 5) is 6.87. The molecule has 134 valence electrons. The lowest BCUT2D eigenvalue weighted by molar-refractivity contribution is 0.151. The Kier molecular flexibility index (Phi) is 4.58. The first-order chi connectivity index (χ1) is 12.7. The van der Waals surface area contributed by atoms with Gasteiger partial charge in [-0.1, -0.05) is 41.6 Å². The molecule has 0 N–H and O–H groups in total. The van der Waals surface area contributed by atoms with Crippen molar-refractivity contribution in [2.75, 3.05) is 20.3 Å². The molecule has 0 bridgehead atoms. The van der Waals surface area contributed by atoms with Crippen LogP contribution in [0, 0.1) is 0 Å². The van der Waals surface area contributed by atoms with Crippen molar-refractivity contribution in [3.63, 3.8) is 0 Å². The van der Waals surface area contributed by atoms with E-state index in [-0.39, 0.29) is 6.04 Å². The van der Waals surface area contributed by atoms with Crippen molar-refractivity contribution in [2.45, 2.75) is 19.5 Å². The molecule has 1 aliphatic heterocycles. The summed E-state index contributed by atoms with van der Waals surface area (Å²) in [7, 11) is 1.66. The van der Waals surface area contributed by atoms with Gasteiger partial charge in [0.25, 0.3) is 0 Å². The summed E-state index contributed by atoms with van der Waals surface area (Å²) in [5, 5.41) is 4.13. The van der Waals surface area contributed by atoms with Gasteiger partial charge in [0.2, 0.25) is 11.7 Å². The summed E-state index contributed by atoms with van der Waals surface area (Å²) in [6.07, 6.45) is 0. The second-order valence-electron chi connectivity index (χ2n) is 6.29. The van der Waals surface area contributed by atoms with Crippen LogP contribution in [0.2, 0.25) is 0 Å². The Balaban J connectivity index is 1.54. The minimum atomic E-state index is -0.00314. The Bertz CT molecular complexity index is 879. The Morgan fingerprint density at radius 1 is 1.15 bits per heavy atom. The van der Waals surface area contributed by atoms with Gasteiger partial charge in [-0.3, -0.25) is 4.90 Å². The fourth-order valence-electron chi connectivity index (χ4n) is 3.09. The highest BCUT2D eigenvalue weighted by Crippen LogP contribution is 2.31. The molecular formula is C20H21N3O3. The van der Waals surface area contributed by atoms with Crippen LogP contribution in [0.1, 0.15) is 24.4 Å². The van der Waals surface area contributed by atoms with Crippen LogP contribution in [0.25, 0.3) is 11.4 Å². The predicted molar refractivity (Wildman–Crippen MR) is 97.0 cm³/mol. The maximum atomic E-state index is 5.89. The lowest BCUT2D eigenvalue weighted by Crippen LogP contribution is -2.29. The van der Waals surface area contributed by atoms with Crippen molar-refractivity contribution >= 4 is 0 Å². The second-order valence-corrected chi connectivity index (χ2v) is 6.29. The number of rotatable bonds is 4. The summed E-state index contributed by atoms with van der Waals surface area (Å²) in [6, 6.07) is 15.8. The molecule has 1 aromatic heterocycles. The molecule has 0 radical (unpaired) electrons. The second kappa shape index (κ2) is 7.17. The van der Waals surface area contributed by atoms with Crippen molar-refractivity contribution in [1.29, 1.82) is 0 Å². The molecule has 1 aliphatic rings. The van der Waals surface area contributed by atoms with Gasteiger partial charge in [0.1, 0.15) is 18.1 Å². The van der Waals surface area contributed by atoms with E-state index < -0.39 is 0 Å². The fourth-order valence-corrected chi connectivity index (χ4v) is 3.09. The number of methoxy groups -OCH3 is 1. The molecule has 6 heteroatoms. The Hall–Kier alpha value is -2.86. The van der Waals surface area contributed by atoms with Crippen LogP contribution in [0.3, 0.4) is 0 Å². The molecule has 0 aliphatic carbocycles. The van der Waals surface area contributed by atoms with E-state index in [9.17, 15) is 0 Å². The first-order valence-corrected chi connectivity index (χ1v) is 8.67. The first kappa shape index (κ1) is 16.6. The standard InChI is InChI=1S/C20H21N3O3/c1-14(20-21-19(22-26-20)15-6-4-3-5-7-15)23-10-11-25-18-12-17(24-2)9-8-16(18)13-23/h3-9,12,14H,10-11,13H2,1-2H3. The van der Waals surface area contributed by atoms with Gasteiger partial charge in [-0.25, -0.2) is 0 Å². The molecule has 0 saturated heterocycles. The van der Waals surface area contributed by atoms with Crippen molar-refractivity contribution in [3.05, 3.63) is 60.0 Å². The van der Waals surface area contributed by atoms with Crippen molar-refractivity contribution in [2.24, 2.45) is 0 Å². The lowest BCUT2D eigenvalue weighted by Gasteiger charge is -2.24. The smallest absolute Gasteiger partial charge is 0.244 e. The highest BCUT2D eigenvalue weighted by molar-refractivity contribution is 5.53. The van der Waals surface area contributed by atoms with Crippen LogP contribution < -0.4 is 9.47 Å². The topological polar surface area (TPSA) is 60.6 Å². The van der Waals surface area contributed by atoms with Gasteiger partial charge in [-0.15, -0.1) is 0 Å². The van der Waals surface area contributed by atoms with E-state index in [1.807, 2.05) is 48.5 Å². The molecular weight excluding hydrogens is 330 g/mol. The number of nitrogens with zero attached hydrogens (tertiary/aromatic N) is 3. The third-order valence-electron chi connectivity index (χ3n) is 4.66. The third kappa shape index (κ3) is 3.28. The van der Waals surface area contributed by atoms with E-state index in [0.717, 1.165) is 35.7 Å². The molecule has 0 amide bonds. The summed E-state index contributed by atoms with van der Waals surface area (Å²) in [5.41, 5.74) is 2.07. The molecule has 2 aromatic carbocycles. The Labute approximate surface area is 152 Å². The molecule has 0 saturated carbocycles. The highest BCUT2D eigenvalue weighted by atomic mass is 16.5. The molecule has 1 atom stereocenters. The minimum Gasteiger partial charge on any atom is -0.497 e. The fraction of sp³-hybridized carbons (Fsp3) is 0.300. The number of benzene rings is 2. The molecule has 3 aromatic rings. The minimum absolute atomic E-state index is 0.00314. The number of hydrogen-bond donors (Lipinski definition) is 0. The van der Waals surface area contributed by atoms with Crippen LogP contribution >= 0.6 is 0 Å². The van der Waals surface area contributed by atoms with Gasteiger partial charge in [-0.2, -0.15) is 4.98 Å². The number of hydrogen-bond acceptors (Lipinski definition) is 6. The molecule has 2 heterocycles. The monoisotopic (exact) mass is 351 g/mol. The third-order valence-corrected chi connectivity index (χ3v) is 4.66. The van der Waals surface area contributed by atoms with E-state index in [1.165, 1.54) is 0 Å². The van der Waals surface area contributed by atoms with Crippen LogP contribution in [0.15, 0.2) is 53.1 Å². The summed E-state index contributed by atoms with van der Waals surface area (Å²) < 4.78 is 16.7. The van der Waals surface area contributed by atoms with E-state index in [0.29, 0.717) is 18.3 Å². The Morgan fingerprint density at radius 2 is 2.00 bits per heavy atom. The summed E-state index contributed by atoms with van der Waals surface area (Å²) in [5.74, 6) is 2.90. The summed E-state index contributed by atoms with van der Waals surface area (Å²) >= 11 is 0. The maximum Gasteiger partial charge on any atom is 0.244 e. The maximum absolute atomic E-state index is 5.89. The number of aromatic nitrogens is 2. The van der Waals surface area contributed by atoms with Gasteiger partial charge in [0.05, 0.1) is 13.2 Å². The quantitative estimate of drug-likeness (QED) is 0.714. The van der Waals surface area contributed by atoms with Crippen molar-refractivity contribution in [3.8, 4) is 22.9 Å². The van der Waals surface area contributed by atoms with E-state index in [1.54, 1.807) is 7.11 Å². The highest BCUT2D eigenvalue weighted by Gasteiger charge is 2.25. The van der Waals surface area contributed by atoms with E-state index >= 15 is 0 Å². The molecule has 1 unspecified atom stereocenters. The number of ether oxygens (including phenoxy) is 2. The Morgan fingerprint density at radius 3 is 2.81 bits per heavy atom. The van der Waals surface area contributed by atoms with Crippen LogP contribution in [-0.2, 0) is 6.54 Å². The summed E-state index contributed by atoms with van der Waals surface area (Å²) in [6.45, 7) is 4.21. The zero-order chi connectivity index (χ0) is 17.9. The van der Waals surface area contributed by atoms with E-state index in [2.05, 4.69) is 22.0 Å². The number of fused-ring (bicyclic) bond motifs is 1. The molecule has 0 fully saturated rings. The van der Waals surface area contributed by atoms with Crippen molar-refractivity contribution < 1.29 is 14.0 Å². The molecule has 26 heavy (non-hydrogen) atoms. The van der Waals surface area contributed by atoms with Gasteiger partial charge in [0.15, 0.2) is 0 Å². The zero-order valence-electron chi connectivity index (χ0n) is 14.9. The SMILES string of the molecule is COc1ccc2c(c1)OCCN(C(C)c1nc(-c3ccccc3)no1)C2. The van der Waals surface area contributed by atoms with Crippen LogP contribution in [0.5, 0.6) is 11.5 Å². The van der Waals surface area contributed by atoms with Gasteiger partial charge in [0, 0.05) is 30.3 Å². The average Bonchev–Trinajstić information content (AvgIpc) is 3.08. The first-order valence-electron chi connectivity index (χ1n) is 8.67. The van der Waals surface area contributed by atoms with Gasteiger partial charge >= 0.3 is 0 Å². The average molecular weight is 351 g/mol. The lowest BCUT2D eigenvalue weighted by atomic mass is 10.1. The van der Waals surface area contributed by atoms with Gasteiger partial charge < -0.3 is 14.0 Å². The zero-order valence-corrected chi connectivity index (χ0v) is 14.9. The molecule has 0 spiro atoms. The van der Waals surface area contributed by atoms with Crippen molar-refractivity contribution in [1.82, 2.24) is 15.0 Å². The van der Waals surface area contributed by atoms with E-state index in [4.69, 9.17) is 14.0 Å². The van der Waals surface area contributed by atoms with Crippen LogP contribution in [-0.4, -0.2) is 35.3 Å². The molecule has 4 rings (SSSR count). The largest absolute Gasteiger partial charge is 0.497 e. The molecule has 6 nitrogen and oxygen atoms in total. The predicted octanol–water partition coefficient (Wildman–Crippen LogP) is 3.70.